The number of unbranched alkanes of at least 4 members (excludes halogenated alkanes) is 26. The lowest BCUT2D eigenvalue weighted by Crippen LogP contribution is -2.27. The molecule has 1 N–H and O–H groups in total. The fourth-order valence-electron chi connectivity index (χ4n) is 6.18. The molecule has 4 nitrogen and oxygen atoms in total. The van der Waals surface area contributed by atoms with Gasteiger partial charge in [0.25, 0.3) is 0 Å². The summed E-state index contributed by atoms with van der Waals surface area (Å²) >= 11 is 0. The molecule has 0 fully saturated rings. The van der Waals surface area contributed by atoms with Gasteiger partial charge in [-0.1, -0.05) is 179 Å². The van der Waals surface area contributed by atoms with Gasteiger partial charge in [0.2, 0.25) is 0 Å². The third kappa shape index (κ3) is 40.9. The molecule has 0 radical (unpaired) electrons. The first kappa shape index (κ1) is 47.6. The molecule has 0 aliphatic carbocycles. The minimum atomic E-state index is -0.538. The zero-order chi connectivity index (χ0) is 35.6. The molecule has 0 rings (SSSR count). The van der Waals surface area contributed by atoms with Crippen LogP contribution in [0.4, 0.5) is 0 Å². The summed E-state index contributed by atoms with van der Waals surface area (Å²) in [6, 6.07) is 0. The van der Waals surface area contributed by atoms with E-state index in [-0.39, 0.29) is 12.6 Å². The molecule has 0 bridgehead atoms. The summed E-state index contributed by atoms with van der Waals surface area (Å²) in [7, 11) is 0. The second-order valence-corrected chi connectivity index (χ2v) is 14.4. The second kappa shape index (κ2) is 42.8. The summed E-state index contributed by atoms with van der Waals surface area (Å²) < 4.78 is 11.2. The van der Waals surface area contributed by atoms with Crippen LogP contribution in [-0.4, -0.2) is 37.0 Å². The standard InChI is InChI=1S/C45H84O4/c1-3-5-7-9-11-13-15-17-19-21-22-23-24-25-26-28-30-32-34-36-38-40-45(47)49-44(42-46)43-48-41-39-37-35-33-31-29-27-20-18-16-14-12-10-8-6-4-2/h15,17-18,20-22,44,46H,3-14,16,19,23-43H2,1-2H3/b17-15-,20-18-,22-21-. The molecule has 4 heteroatoms. The molecule has 0 aromatic heterocycles. The highest BCUT2D eigenvalue weighted by molar-refractivity contribution is 5.69. The second-order valence-electron chi connectivity index (χ2n) is 14.4. The molecule has 0 spiro atoms. The molecular formula is C45H84O4. The maximum atomic E-state index is 12.2. The highest BCUT2D eigenvalue weighted by Crippen LogP contribution is 2.13. The lowest BCUT2D eigenvalue weighted by molar-refractivity contribution is -0.154. The van der Waals surface area contributed by atoms with E-state index >= 15 is 0 Å². The van der Waals surface area contributed by atoms with E-state index in [4.69, 9.17) is 9.47 Å². The van der Waals surface area contributed by atoms with E-state index in [9.17, 15) is 9.90 Å². The van der Waals surface area contributed by atoms with Crippen LogP contribution in [0, 0.1) is 0 Å². The molecule has 0 aliphatic heterocycles. The monoisotopic (exact) mass is 689 g/mol. The topological polar surface area (TPSA) is 55.8 Å². The van der Waals surface area contributed by atoms with Crippen molar-refractivity contribution in [2.75, 3.05) is 19.8 Å². The van der Waals surface area contributed by atoms with Crippen LogP contribution < -0.4 is 0 Å². The number of allylic oxidation sites excluding steroid dienone is 6. The number of hydrogen-bond donors (Lipinski definition) is 1. The number of ether oxygens (including phenoxy) is 2. The first-order chi connectivity index (χ1) is 24.2. The Hall–Kier alpha value is -1.39. The highest BCUT2D eigenvalue weighted by atomic mass is 16.6. The van der Waals surface area contributed by atoms with Crippen LogP contribution in [0.2, 0.25) is 0 Å². The van der Waals surface area contributed by atoms with Gasteiger partial charge < -0.3 is 14.6 Å². The van der Waals surface area contributed by atoms with E-state index in [1.54, 1.807) is 0 Å². The molecule has 0 amide bonds. The van der Waals surface area contributed by atoms with Crippen LogP contribution in [0.3, 0.4) is 0 Å². The molecule has 0 saturated heterocycles. The lowest BCUT2D eigenvalue weighted by atomic mass is 10.1. The molecule has 0 aromatic carbocycles. The van der Waals surface area contributed by atoms with Crippen LogP contribution >= 0.6 is 0 Å². The fraction of sp³-hybridized carbons (Fsp3) is 0.844. The summed E-state index contributed by atoms with van der Waals surface area (Å²) in [5, 5.41) is 9.60. The number of aliphatic hydroxyl groups is 1. The van der Waals surface area contributed by atoms with Crippen LogP contribution in [0.5, 0.6) is 0 Å². The first-order valence-corrected chi connectivity index (χ1v) is 21.6. The molecule has 0 aliphatic rings. The summed E-state index contributed by atoms with van der Waals surface area (Å²) in [4.78, 5) is 12.2. The van der Waals surface area contributed by atoms with Gasteiger partial charge in [-0.2, -0.15) is 0 Å². The van der Waals surface area contributed by atoms with Crippen molar-refractivity contribution in [2.24, 2.45) is 0 Å². The number of esters is 1. The number of carbonyl (C=O) groups excluding carboxylic acids is 1. The maximum absolute atomic E-state index is 12.2. The van der Waals surface area contributed by atoms with Gasteiger partial charge in [-0.05, 0) is 70.6 Å². The van der Waals surface area contributed by atoms with E-state index in [0.29, 0.717) is 19.6 Å². The number of aliphatic hydroxyl groups excluding tert-OH is 1. The van der Waals surface area contributed by atoms with Crippen molar-refractivity contribution in [3.8, 4) is 0 Å². The Morgan fingerprint density at radius 1 is 0.490 bits per heavy atom. The number of carbonyl (C=O) groups is 1. The van der Waals surface area contributed by atoms with E-state index in [2.05, 4.69) is 50.3 Å². The highest BCUT2D eigenvalue weighted by Gasteiger charge is 2.13. The van der Waals surface area contributed by atoms with Gasteiger partial charge in [-0.15, -0.1) is 0 Å². The third-order valence-corrected chi connectivity index (χ3v) is 9.44. The van der Waals surface area contributed by atoms with Crippen molar-refractivity contribution in [2.45, 2.75) is 225 Å². The third-order valence-electron chi connectivity index (χ3n) is 9.44. The SMILES string of the molecule is CCCCCCC/C=C\C/C=C\CCCCCCCCCCCC(=O)OC(CO)COCCCCCCCC/C=C\CCCCCCCC. The summed E-state index contributed by atoms with van der Waals surface area (Å²) in [5.41, 5.74) is 0. The molecular weight excluding hydrogens is 604 g/mol. The van der Waals surface area contributed by atoms with Gasteiger partial charge in [0, 0.05) is 13.0 Å². The van der Waals surface area contributed by atoms with Crippen molar-refractivity contribution >= 4 is 5.97 Å². The van der Waals surface area contributed by atoms with Crippen LogP contribution in [-0.2, 0) is 14.3 Å². The predicted molar refractivity (Wildman–Crippen MR) is 214 cm³/mol. The Balaban J connectivity index is 3.44. The van der Waals surface area contributed by atoms with Crippen molar-refractivity contribution in [3.63, 3.8) is 0 Å². The van der Waals surface area contributed by atoms with Gasteiger partial charge in [-0.25, -0.2) is 0 Å². The van der Waals surface area contributed by atoms with Crippen LogP contribution in [0.15, 0.2) is 36.5 Å². The van der Waals surface area contributed by atoms with Gasteiger partial charge >= 0.3 is 5.97 Å². The molecule has 288 valence electrons. The smallest absolute Gasteiger partial charge is 0.306 e. The Morgan fingerprint density at radius 2 is 0.857 bits per heavy atom. The average Bonchev–Trinajstić information content (AvgIpc) is 3.11. The lowest BCUT2D eigenvalue weighted by Gasteiger charge is -2.15. The van der Waals surface area contributed by atoms with E-state index in [0.717, 1.165) is 25.7 Å². The molecule has 0 aromatic rings. The van der Waals surface area contributed by atoms with Crippen molar-refractivity contribution in [3.05, 3.63) is 36.5 Å². The van der Waals surface area contributed by atoms with Crippen LogP contribution in [0.25, 0.3) is 0 Å². The maximum Gasteiger partial charge on any atom is 0.306 e. The molecule has 1 atom stereocenters. The van der Waals surface area contributed by atoms with E-state index < -0.39 is 6.10 Å². The Kier molecular flexibility index (Phi) is 41.6. The van der Waals surface area contributed by atoms with Crippen LogP contribution in [0.1, 0.15) is 219 Å². The summed E-state index contributed by atoms with van der Waals surface area (Å²) in [6.45, 7) is 5.33. The average molecular weight is 689 g/mol. The van der Waals surface area contributed by atoms with E-state index in [1.807, 2.05) is 0 Å². The van der Waals surface area contributed by atoms with Gasteiger partial charge in [0.1, 0.15) is 6.10 Å². The van der Waals surface area contributed by atoms with Crippen molar-refractivity contribution in [1.29, 1.82) is 0 Å². The van der Waals surface area contributed by atoms with Gasteiger partial charge in [-0.3, -0.25) is 4.79 Å². The molecule has 1 unspecified atom stereocenters. The Labute approximate surface area is 306 Å². The molecule has 0 heterocycles. The van der Waals surface area contributed by atoms with Gasteiger partial charge in [0.05, 0.1) is 13.2 Å². The van der Waals surface area contributed by atoms with Crippen molar-refractivity contribution < 1.29 is 19.4 Å². The molecule has 49 heavy (non-hydrogen) atoms. The summed E-state index contributed by atoms with van der Waals surface area (Å²) in [6.07, 6.45) is 53.4. The number of rotatable bonds is 40. The zero-order valence-corrected chi connectivity index (χ0v) is 33.0. The van der Waals surface area contributed by atoms with E-state index in [1.165, 1.54) is 173 Å². The largest absolute Gasteiger partial charge is 0.457 e. The van der Waals surface area contributed by atoms with Gasteiger partial charge in [0.15, 0.2) is 0 Å². The zero-order valence-electron chi connectivity index (χ0n) is 33.0. The fourth-order valence-corrected chi connectivity index (χ4v) is 6.18. The Morgan fingerprint density at radius 3 is 1.29 bits per heavy atom. The predicted octanol–water partition coefficient (Wildman–Crippen LogP) is 14.1. The molecule has 0 saturated carbocycles. The number of hydrogen-bond acceptors (Lipinski definition) is 4. The summed E-state index contributed by atoms with van der Waals surface area (Å²) in [5.74, 6) is -0.206. The Bertz CT molecular complexity index is 728. The minimum absolute atomic E-state index is 0.175. The normalized spacial score (nSPS) is 12.6. The first-order valence-electron chi connectivity index (χ1n) is 21.6. The quantitative estimate of drug-likeness (QED) is 0.0395. The minimum Gasteiger partial charge on any atom is -0.457 e. The van der Waals surface area contributed by atoms with Crippen molar-refractivity contribution in [1.82, 2.24) is 0 Å².